The summed E-state index contributed by atoms with van der Waals surface area (Å²) in [6.07, 6.45) is 5.48. The van der Waals surface area contributed by atoms with Crippen molar-refractivity contribution in [3.05, 3.63) is 17.0 Å². The molecule has 4 rings (SSSR count). The van der Waals surface area contributed by atoms with Crippen molar-refractivity contribution in [3.63, 3.8) is 0 Å². The standard InChI is InChI=1S/C18H27N3O3/c1-11-9-14-15(19-20(3)16(14)12(2)24-11)17(22)21(13-5-6-13)10-18(23)7-4-8-18/h11-13,23H,4-10H2,1-3H3/t11-,12+/m1/s1. The Balaban J connectivity index is 1.65. The van der Waals surface area contributed by atoms with Gasteiger partial charge in [-0.3, -0.25) is 9.48 Å². The molecule has 2 atom stereocenters. The van der Waals surface area contributed by atoms with Crippen LogP contribution >= 0.6 is 0 Å². The Bertz CT molecular complexity index is 661. The van der Waals surface area contributed by atoms with E-state index in [2.05, 4.69) is 5.10 Å². The molecule has 1 N–H and O–H groups in total. The van der Waals surface area contributed by atoms with Crippen LogP contribution in [-0.4, -0.2) is 50.0 Å². The van der Waals surface area contributed by atoms with E-state index in [1.54, 1.807) is 4.68 Å². The Kier molecular flexibility index (Phi) is 3.73. The van der Waals surface area contributed by atoms with E-state index in [-0.39, 0.29) is 24.2 Å². The number of nitrogens with zero attached hydrogens (tertiary/aromatic N) is 3. The quantitative estimate of drug-likeness (QED) is 0.915. The van der Waals surface area contributed by atoms with Crippen LogP contribution in [0, 0.1) is 0 Å². The lowest BCUT2D eigenvalue weighted by molar-refractivity contribution is -0.0550. The third-order valence-corrected chi connectivity index (χ3v) is 5.71. The first-order chi connectivity index (χ1) is 11.4. The predicted octanol–water partition coefficient (Wildman–Crippen LogP) is 1.96. The van der Waals surface area contributed by atoms with Crippen LogP contribution in [0.25, 0.3) is 0 Å². The van der Waals surface area contributed by atoms with Gasteiger partial charge in [-0.2, -0.15) is 5.10 Å². The summed E-state index contributed by atoms with van der Waals surface area (Å²) in [4.78, 5) is 15.1. The molecule has 2 fully saturated rings. The van der Waals surface area contributed by atoms with E-state index in [0.717, 1.165) is 49.8 Å². The van der Waals surface area contributed by atoms with Gasteiger partial charge in [0.15, 0.2) is 5.69 Å². The average Bonchev–Trinajstić information content (AvgIpc) is 3.26. The predicted molar refractivity (Wildman–Crippen MR) is 88.7 cm³/mol. The molecule has 2 saturated carbocycles. The van der Waals surface area contributed by atoms with Crippen LogP contribution in [0.5, 0.6) is 0 Å². The van der Waals surface area contributed by atoms with E-state index < -0.39 is 5.60 Å². The number of carbonyl (C=O) groups excluding carboxylic acids is 1. The lowest BCUT2D eigenvalue weighted by atomic mass is 9.80. The minimum atomic E-state index is -0.684. The SMILES string of the molecule is C[C@@H]1Cc2c(C(=O)N(CC3(O)CCC3)C3CC3)nn(C)c2[C@H](C)O1. The third kappa shape index (κ3) is 2.65. The molecule has 1 aliphatic heterocycles. The molecule has 0 spiro atoms. The summed E-state index contributed by atoms with van der Waals surface area (Å²) < 4.78 is 7.68. The van der Waals surface area contributed by atoms with Gasteiger partial charge in [-0.25, -0.2) is 0 Å². The van der Waals surface area contributed by atoms with Crippen LogP contribution in [0.15, 0.2) is 0 Å². The number of rotatable bonds is 4. The Labute approximate surface area is 142 Å². The molecule has 6 nitrogen and oxygen atoms in total. The fraction of sp³-hybridized carbons (Fsp3) is 0.778. The number of aliphatic hydroxyl groups is 1. The largest absolute Gasteiger partial charge is 0.388 e. The van der Waals surface area contributed by atoms with Gasteiger partial charge >= 0.3 is 0 Å². The molecular weight excluding hydrogens is 306 g/mol. The second-order valence-corrected chi connectivity index (χ2v) is 7.87. The second-order valence-electron chi connectivity index (χ2n) is 7.87. The topological polar surface area (TPSA) is 67.6 Å². The first-order valence-electron chi connectivity index (χ1n) is 9.12. The van der Waals surface area contributed by atoms with E-state index in [1.165, 1.54) is 0 Å². The van der Waals surface area contributed by atoms with Crippen LogP contribution in [0.1, 0.15) is 73.8 Å². The van der Waals surface area contributed by atoms with Gasteiger partial charge in [0.1, 0.15) is 0 Å². The van der Waals surface area contributed by atoms with Crippen molar-refractivity contribution < 1.29 is 14.6 Å². The molecule has 6 heteroatoms. The number of carbonyl (C=O) groups is 1. The molecule has 1 aromatic rings. The van der Waals surface area contributed by atoms with Gasteiger partial charge in [0.2, 0.25) is 0 Å². The molecule has 24 heavy (non-hydrogen) atoms. The molecule has 0 bridgehead atoms. The van der Waals surface area contributed by atoms with Gasteiger partial charge in [-0.15, -0.1) is 0 Å². The highest BCUT2D eigenvalue weighted by molar-refractivity contribution is 5.94. The van der Waals surface area contributed by atoms with Crippen molar-refractivity contribution in [2.75, 3.05) is 6.54 Å². The van der Waals surface area contributed by atoms with Crippen LogP contribution < -0.4 is 0 Å². The molecular formula is C18H27N3O3. The molecule has 0 radical (unpaired) electrons. The number of fused-ring (bicyclic) bond motifs is 1. The van der Waals surface area contributed by atoms with Gasteiger partial charge in [0, 0.05) is 25.1 Å². The van der Waals surface area contributed by atoms with E-state index in [4.69, 9.17) is 4.74 Å². The van der Waals surface area contributed by atoms with Gasteiger partial charge in [0.05, 0.1) is 30.0 Å². The van der Waals surface area contributed by atoms with Crippen molar-refractivity contribution in [3.8, 4) is 0 Å². The highest BCUT2D eigenvalue weighted by Gasteiger charge is 2.44. The second kappa shape index (κ2) is 5.56. The monoisotopic (exact) mass is 333 g/mol. The third-order valence-electron chi connectivity index (χ3n) is 5.71. The van der Waals surface area contributed by atoms with Crippen molar-refractivity contribution >= 4 is 5.91 Å². The Morgan fingerprint density at radius 2 is 2.12 bits per heavy atom. The van der Waals surface area contributed by atoms with E-state index in [0.29, 0.717) is 12.2 Å². The number of ether oxygens (including phenoxy) is 1. The normalized spacial score (nSPS) is 28.2. The van der Waals surface area contributed by atoms with Crippen molar-refractivity contribution in [1.82, 2.24) is 14.7 Å². The molecule has 0 saturated heterocycles. The number of hydrogen-bond acceptors (Lipinski definition) is 4. The first kappa shape index (κ1) is 16.1. The number of amides is 1. The minimum Gasteiger partial charge on any atom is -0.388 e. The average molecular weight is 333 g/mol. The summed E-state index contributed by atoms with van der Waals surface area (Å²) in [7, 11) is 1.88. The summed E-state index contributed by atoms with van der Waals surface area (Å²) in [6.45, 7) is 4.50. The Morgan fingerprint density at radius 3 is 2.71 bits per heavy atom. The van der Waals surface area contributed by atoms with E-state index in [1.807, 2.05) is 25.8 Å². The van der Waals surface area contributed by atoms with Crippen LogP contribution in [0.2, 0.25) is 0 Å². The summed E-state index contributed by atoms with van der Waals surface area (Å²) >= 11 is 0. The number of aromatic nitrogens is 2. The molecule has 0 aromatic carbocycles. The highest BCUT2D eigenvalue weighted by Crippen LogP contribution is 2.38. The van der Waals surface area contributed by atoms with Gasteiger partial charge in [-0.1, -0.05) is 0 Å². The zero-order valence-corrected chi connectivity index (χ0v) is 14.8. The summed E-state index contributed by atoms with van der Waals surface area (Å²) in [5.41, 5.74) is 1.91. The van der Waals surface area contributed by atoms with Crippen LogP contribution in [0.3, 0.4) is 0 Å². The van der Waals surface area contributed by atoms with E-state index in [9.17, 15) is 9.90 Å². The fourth-order valence-corrected chi connectivity index (χ4v) is 4.16. The number of hydrogen-bond donors (Lipinski definition) is 1. The molecule has 2 aliphatic carbocycles. The highest BCUT2D eigenvalue weighted by atomic mass is 16.5. The lowest BCUT2D eigenvalue weighted by Gasteiger charge is -2.40. The van der Waals surface area contributed by atoms with Gasteiger partial charge in [-0.05, 0) is 46.0 Å². The number of aryl methyl sites for hydroxylation is 1. The summed E-state index contributed by atoms with van der Waals surface area (Å²) in [5.74, 6) is -0.0176. The van der Waals surface area contributed by atoms with Crippen molar-refractivity contribution in [2.45, 2.75) is 76.2 Å². The molecule has 2 heterocycles. The molecule has 0 unspecified atom stereocenters. The lowest BCUT2D eigenvalue weighted by Crippen LogP contribution is -2.50. The maximum Gasteiger partial charge on any atom is 0.275 e. The molecule has 1 aromatic heterocycles. The van der Waals surface area contributed by atoms with E-state index >= 15 is 0 Å². The Hall–Kier alpha value is -1.40. The minimum absolute atomic E-state index is 0.0176. The van der Waals surface area contributed by atoms with Gasteiger partial charge in [0.25, 0.3) is 5.91 Å². The van der Waals surface area contributed by atoms with Crippen molar-refractivity contribution in [2.24, 2.45) is 7.05 Å². The smallest absolute Gasteiger partial charge is 0.275 e. The fourth-order valence-electron chi connectivity index (χ4n) is 4.16. The zero-order chi connectivity index (χ0) is 17.1. The summed E-state index contributed by atoms with van der Waals surface area (Å²) in [6, 6.07) is 0.273. The maximum atomic E-state index is 13.2. The summed E-state index contributed by atoms with van der Waals surface area (Å²) in [5, 5.41) is 15.1. The van der Waals surface area contributed by atoms with Crippen molar-refractivity contribution in [1.29, 1.82) is 0 Å². The zero-order valence-electron chi connectivity index (χ0n) is 14.8. The molecule has 132 valence electrons. The maximum absolute atomic E-state index is 13.2. The van der Waals surface area contributed by atoms with Crippen LogP contribution in [-0.2, 0) is 18.2 Å². The first-order valence-corrected chi connectivity index (χ1v) is 9.12. The molecule has 1 amide bonds. The Morgan fingerprint density at radius 1 is 1.42 bits per heavy atom. The van der Waals surface area contributed by atoms with Gasteiger partial charge < -0.3 is 14.7 Å². The van der Waals surface area contributed by atoms with Crippen LogP contribution in [0.4, 0.5) is 0 Å². The molecule has 3 aliphatic rings.